The number of halogens is 2. The highest BCUT2D eigenvalue weighted by Crippen LogP contribution is 2.38. The smallest absolute Gasteiger partial charge is 0.255 e. The fourth-order valence-corrected chi connectivity index (χ4v) is 5.41. The van der Waals surface area contributed by atoms with E-state index in [0.717, 1.165) is 43.9 Å². The van der Waals surface area contributed by atoms with E-state index >= 15 is 0 Å². The highest BCUT2D eigenvalue weighted by Gasteiger charge is 2.30. The van der Waals surface area contributed by atoms with Gasteiger partial charge in [-0.15, -0.1) is 5.11 Å². The molecule has 1 atom stereocenters. The average molecular weight is 495 g/mol. The number of nitrogens with zero attached hydrogens (tertiary/aromatic N) is 5. The highest BCUT2D eigenvalue weighted by molar-refractivity contribution is 6.01. The Hall–Kier alpha value is -3.89. The molecule has 2 aromatic heterocycles. The molecule has 36 heavy (non-hydrogen) atoms. The molecule has 1 saturated carbocycles. The Labute approximate surface area is 206 Å². The normalized spacial score (nSPS) is 22.4. The SMILES string of the molecule is N=C(N=NN)C1CCC(NC(=O)c2cnn3ccc(N4CCC[C@@H]4c4cc(F)ccc4F)cc23)CC1. The van der Waals surface area contributed by atoms with E-state index in [9.17, 15) is 13.6 Å². The Bertz CT molecular complexity index is 1310. The Morgan fingerprint density at radius 1 is 1.14 bits per heavy atom. The molecule has 1 amide bonds. The third-order valence-corrected chi connectivity index (χ3v) is 7.27. The number of hydrogen-bond donors (Lipinski definition) is 3. The number of hydrogen-bond acceptors (Lipinski definition) is 5. The third-order valence-electron chi connectivity index (χ3n) is 7.27. The molecule has 0 unspecified atom stereocenters. The molecule has 0 bridgehead atoms. The van der Waals surface area contributed by atoms with Crippen molar-refractivity contribution in [2.75, 3.05) is 11.4 Å². The number of fused-ring (bicyclic) bond motifs is 1. The van der Waals surface area contributed by atoms with E-state index in [2.05, 4.69) is 25.7 Å². The first-order valence-electron chi connectivity index (χ1n) is 12.1. The minimum Gasteiger partial charge on any atom is -0.364 e. The van der Waals surface area contributed by atoms with Crippen LogP contribution in [0.2, 0.25) is 0 Å². The molecular weight excluding hydrogens is 466 g/mol. The van der Waals surface area contributed by atoms with Gasteiger partial charge < -0.3 is 16.1 Å². The standard InChI is InChI=1S/C25H28F2N8O/c26-16-5-8-21(27)19(12-16)22-2-1-10-34(22)18-9-11-35-23(13-18)20(14-30-35)25(36)31-17-6-3-15(4-7-17)24(28)32-33-29/h5,8-9,11-15,17,22H,1-4,6-7,10H2,(H,31,36)(H3,28,29,32)/t15?,17?,22-/m1/s1. The van der Waals surface area contributed by atoms with E-state index in [1.807, 2.05) is 12.1 Å². The second kappa shape index (κ2) is 10.00. The summed E-state index contributed by atoms with van der Waals surface area (Å²) in [5.74, 6) is 4.13. The predicted molar refractivity (Wildman–Crippen MR) is 131 cm³/mol. The van der Waals surface area contributed by atoms with Crippen LogP contribution in [0, 0.1) is 23.0 Å². The van der Waals surface area contributed by atoms with Gasteiger partial charge in [-0.05, 0) is 68.9 Å². The van der Waals surface area contributed by atoms with Crippen LogP contribution in [0.4, 0.5) is 14.5 Å². The number of nitrogens with two attached hydrogens (primary N) is 1. The van der Waals surface area contributed by atoms with Crippen LogP contribution in [-0.2, 0) is 0 Å². The molecular formula is C25H28F2N8O. The zero-order chi connectivity index (χ0) is 25.2. The van der Waals surface area contributed by atoms with Crippen molar-refractivity contribution in [2.45, 2.75) is 50.6 Å². The van der Waals surface area contributed by atoms with E-state index < -0.39 is 11.6 Å². The first-order chi connectivity index (χ1) is 17.4. The summed E-state index contributed by atoms with van der Waals surface area (Å²) in [6, 6.07) is 7.04. The number of carbonyl (C=O) groups is 1. The summed E-state index contributed by atoms with van der Waals surface area (Å²) in [5.41, 5.74) is 2.28. The molecule has 4 N–H and O–H groups in total. The lowest BCUT2D eigenvalue weighted by Gasteiger charge is -2.28. The van der Waals surface area contributed by atoms with Crippen LogP contribution in [0.1, 0.15) is 60.5 Å². The summed E-state index contributed by atoms with van der Waals surface area (Å²) in [6.45, 7) is 0.703. The van der Waals surface area contributed by atoms with Crippen molar-refractivity contribution in [3.63, 3.8) is 0 Å². The number of benzene rings is 1. The van der Waals surface area contributed by atoms with Gasteiger partial charge >= 0.3 is 0 Å². The van der Waals surface area contributed by atoms with Gasteiger partial charge in [0.2, 0.25) is 0 Å². The first-order valence-corrected chi connectivity index (χ1v) is 12.1. The minimum absolute atomic E-state index is 0.00122. The van der Waals surface area contributed by atoms with Gasteiger partial charge in [-0.1, -0.05) is 5.22 Å². The van der Waals surface area contributed by atoms with Gasteiger partial charge in [0.25, 0.3) is 5.91 Å². The van der Waals surface area contributed by atoms with Gasteiger partial charge in [-0.2, -0.15) is 5.10 Å². The molecule has 11 heteroatoms. The van der Waals surface area contributed by atoms with Gasteiger partial charge in [0, 0.05) is 36.0 Å². The summed E-state index contributed by atoms with van der Waals surface area (Å²) in [7, 11) is 0. The molecule has 1 aliphatic carbocycles. The second-order valence-electron chi connectivity index (χ2n) is 9.41. The number of rotatable bonds is 5. The van der Waals surface area contributed by atoms with Crippen LogP contribution in [0.3, 0.4) is 0 Å². The minimum atomic E-state index is -0.460. The Balaban J connectivity index is 1.33. The number of anilines is 1. The van der Waals surface area contributed by atoms with Crippen LogP contribution < -0.4 is 16.1 Å². The molecule has 188 valence electrons. The van der Waals surface area contributed by atoms with Crippen molar-refractivity contribution in [3.05, 3.63) is 65.5 Å². The molecule has 3 heterocycles. The van der Waals surface area contributed by atoms with E-state index in [-0.39, 0.29) is 29.7 Å². The third kappa shape index (κ3) is 4.65. The van der Waals surface area contributed by atoms with Crippen molar-refractivity contribution in [3.8, 4) is 0 Å². The predicted octanol–water partition coefficient (Wildman–Crippen LogP) is 4.55. The number of amidine groups is 1. The maximum Gasteiger partial charge on any atom is 0.255 e. The maximum absolute atomic E-state index is 14.5. The van der Waals surface area contributed by atoms with Crippen LogP contribution >= 0.6 is 0 Å². The van der Waals surface area contributed by atoms with Crippen LogP contribution in [0.15, 0.2) is 53.1 Å². The number of nitrogens with one attached hydrogen (secondary N) is 2. The van der Waals surface area contributed by atoms with E-state index in [1.165, 1.54) is 12.1 Å². The quantitative estimate of drug-likeness (QED) is 0.158. The van der Waals surface area contributed by atoms with Crippen molar-refractivity contribution in [1.29, 1.82) is 5.41 Å². The number of aromatic nitrogens is 2. The van der Waals surface area contributed by atoms with E-state index in [4.69, 9.17) is 11.3 Å². The summed E-state index contributed by atoms with van der Waals surface area (Å²) in [6.07, 6.45) is 7.82. The fourth-order valence-electron chi connectivity index (χ4n) is 5.41. The summed E-state index contributed by atoms with van der Waals surface area (Å²) in [4.78, 5) is 15.2. The van der Waals surface area contributed by atoms with Crippen LogP contribution in [0.25, 0.3) is 5.52 Å². The van der Waals surface area contributed by atoms with Gasteiger partial charge in [0.05, 0.1) is 23.3 Å². The lowest BCUT2D eigenvalue weighted by atomic mass is 9.85. The fraction of sp³-hybridized carbons (Fsp3) is 0.400. The van der Waals surface area contributed by atoms with Gasteiger partial charge in [-0.25, -0.2) is 13.3 Å². The molecule has 1 aromatic carbocycles. The molecule has 9 nitrogen and oxygen atoms in total. The maximum atomic E-state index is 14.5. The lowest BCUT2D eigenvalue weighted by Crippen LogP contribution is -2.38. The molecule has 5 rings (SSSR count). The van der Waals surface area contributed by atoms with Crippen LogP contribution in [0.5, 0.6) is 0 Å². The van der Waals surface area contributed by atoms with Crippen molar-refractivity contribution < 1.29 is 13.6 Å². The van der Waals surface area contributed by atoms with Gasteiger partial charge in [-0.3, -0.25) is 10.2 Å². The monoisotopic (exact) mass is 494 g/mol. The van der Waals surface area contributed by atoms with Gasteiger partial charge in [0.15, 0.2) is 0 Å². The number of carbonyl (C=O) groups excluding carboxylic acids is 1. The van der Waals surface area contributed by atoms with E-state index in [0.29, 0.717) is 29.6 Å². The summed E-state index contributed by atoms with van der Waals surface area (Å²) in [5, 5.41) is 22.1. The van der Waals surface area contributed by atoms with Gasteiger partial charge in [0.1, 0.15) is 17.5 Å². The lowest BCUT2D eigenvalue weighted by molar-refractivity contribution is 0.0927. The molecule has 1 saturated heterocycles. The highest BCUT2D eigenvalue weighted by atomic mass is 19.1. The Morgan fingerprint density at radius 3 is 2.72 bits per heavy atom. The molecule has 2 aliphatic rings. The van der Waals surface area contributed by atoms with Crippen LogP contribution in [-0.4, -0.2) is 33.9 Å². The van der Waals surface area contributed by atoms with Crippen molar-refractivity contribution in [2.24, 2.45) is 22.1 Å². The average Bonchev–Trinajstić information content (AvgIpc) is 3.53. The molecule has 2 fully saturated rings. The molecule has 1 aliphatic heterocycles. The zero-order valence-electron chi connectivity index (χ0n) is 19.7. The van der Waals surface area contributed by atoms with E-state index in [1.54, 1.807) is 16.9 Å². The molecule has 3 aromatic rings. The summed E-state index contributed by atoms with van der Waals surface area (Å²) < 4.78 is 30.0. The number of amides is 1. The first kappa shape index (κ1) is 23.8. The Morgan fingerprint density at radius 2 is 1.94 bits per heavy atom. The Kier molecular flexibility index (Phi) is 6.62. The number of pyridine rings is 1. The van der Waals surface area contributed by atoms with Crippen molar-refractivity contribution >= 4 is 22.9 Å². The van der Waals surface area contributed by atoms with Crippen molar-refractivity contribution in [1.82, 2.24) is 14.9 Å². The summed E-state index contributed by atoms with van der Waals surface area (Å²) >= 11 is 0. The topological polar surface area (TPSA) is 124 Å². The largest absolute Gasteiger partial charge is 0.364 e. The second-order valence-corrected chi connectivity index (χ2v) is 9.41. The zero-order valence-corrected chi connectivity index (χ0v) is 19.7. The molecule has 0 spiro atoms. The molecule has 0 radical (unpaired) electrons.